The van der Waals surface area contributed by atoms with Crippen LogP contribution in [-0.4, -0.2) is 282 Å². The van der Waals surface area contributed by atoms with Gasteiger partial charge in [-0.1, -0.05) is 39.3 Å². The zero-order valence-electron chi connectivity index (χ0n) is 49.4. The van der Waals surface area contributed by atoms with Crippen LogP contribution in [0.3, 0.4) is 0 Å². The Morgan fingerprint density at radius 1 is 0.565 bits per heavy atom. The highest BCUT2D eigenvalue weighted by Gasteiger charge is 2.69. The number of aliphatic hydroxyl groups is 15. The molecule has 36 atom stereocenters. The molecule has 27 heteroatoms. The van der Waals surface area contributed by atoms with Gasteiger partial charge in [-0.25, -0.2) is 0 Å². The minimum atomic E-state index is -1.94. The van der Waals surface area contributed by atoms with Crippen LogP contribution in [0.15, 0.2) is 11.6 Å². The summed E-state index contributed by atoms with van der Waals surface area (Å²) in [5, 5.41) is 160. The van der Waals surface area contributed by atoms with E-state index in [1.165, 1.54) is 19.4 Å². The van der Waals surface area contributed by atoms with E-state index in [9.17, 15) is 76.6 Å². The van der Waals surface area contributed by atoms with E-state index in [0.29, 0.717) is 43.4 Å². The lowest BCUT2D eigenvalue weighted by molar-refractivity contribution is -0.402. The molecule has 6 aliphatic heterocycles. The molecular formula is C58H96O27. The van der Waals surface area contributed by atoms with Crippen molar-refractivity contribution >= 4 is 0 Å². The normalized spacial score (nSPS) is 54.8. The van der Waals surface area contributed by atoms with E-state index in [4.69, 9.17) is 56.8 Å². The predicted octanol–water partition coefficient (Wildman–Crippen LogP) is -3.50. The molecule has 0 unspecified atom stereocenters. The van der Waals surface area contributed by atoms with E-state index in [-0.39, 0.29) is 41.3 Å². The molecule has 0 radical (unpaired) electrons. The molecule has 490 valence electrons. The standard InChI is InChI=1S/C58H96O27/c1-22(21-75-51-44(70)41(67)38(64)32(18-59)79-51)10-15-58(74-7)23(2)35-31(85-58)17-30-28-9-8-26-16-27(11-13-56(26,5)29(28)12-14-57(30,35)6)78-55-50(47(73)48(34(20-61)81-55)82-52-45(71)40(66)36(62)24(3)76-52)84-54-49(43(69)37(63)25(4)77-54)83-53-46(72)42(68)39(65)33(19-60)80-53/h8,22-25,27-55,59-73H,9-21H2,1-7H3/t22-,23-,24-,25-,27-,28+,29-,30-,31+,32+,33+,34+,35-,36-,37-,38+,39+,40+,41-,42-,43+,44+,45+,46+,47-,48+,49+,50+,51+,52-,53-,54-,55+,56-,57-,58+/m0/s1. The van der Waals surface area contributed by atoms with Crippen molar-refractivity contribution in [2.24, 2.45) is 46.3 Å². The third kappa shape index (κ3) is 12.1. The molecule has 3 saturated carbocycles. The lowest BCUT2D eigenvalue weighted by atomic mass is 9.47. The minimum absolute atomic E-state index is 0.0196. The van der Waals surface area contributed by atoms with E-state index >= 15 is 0 Å². The van der Waals surface area contributed by atoms with Crippen LogP contribution in [0, 0.1) is 46.3 Å². The summed E-state index contributed by atoms with van der Waals surface area (Å²) in [7, 11) is 1.70. The fourth-order valence-corrected chi connectivity index (χ4v) is 16.7. The maximum atomic E-state index is 12.4. The summed E-state index contributed by atoms with van der Waals surface area (Å²) in [6, 6.07) is 0. The Hall–Kier alpha value is -1.34. The number of ether oxygens (including phenoxy) is 12. The molecule has 0 aromatic heterocycles. The summed E-state index contributed by atoms with van der Waals surface area (Å²) in [5.74, 6) is 0.559. The van der Waals surface area contributed by atoms with Crippen molar-refractivity contribution in [2.75, 3.05) is 33.5 Å². The van der Waals surface area contributed by atoms with Gasteiger partial charge in [0.1, 0.15) is 110 Å². The highest BCUT2D eigenvalue weighted by molar-refractivity contribution is 5.26. The Morgan fingerprint density at radius 2 is 1.09 bits per heavy atom. The van der Waals surface area contributed by atoms with Gasteiger partial charge in [0.25, 0.3) is 0 Å². The molecule has 6 saturated heterocycles. The molecule has 0 aromatic carbocycles. The van der Waals surface area contributed by atoms with Gasteiger partial charge >= 0.3 is 0 Å². The summed E-state index contributed by atoms with van der Waals surface area (Å²) >= 11 is 0. The lowest BCUT2D eigenvalue weighted by Crippen LogP contribution is -2.67. The second kappa shape index (κ2) is 26.3. The van der Waals surface area contributed by atoms with Crippen molar-refractivity contribution in [2.45, 2.75) is 271 Å². The average Bonchev–Trinajstić information content (AvgIpc) is 1.61. The number of fused-ring (bicyclic) bond motifs is 7. The summed E-state index contributed by atoms with van der Waals surface area (Å²) in [6.45, 7) is 9.99. The van der Waals surface area contributed by atoms with Crippen LogP contribution in [0.5, 0.6) is 0 Å². The van der Waals surface area contributed by atoms with Crippen molar-refractivity contribution in [3.63, 3.8) is 0 Å². The third-order valence-electron chi connectivity index (χ3n) is 21.9. The molecule has 27 nitrogen and oxygen atoms in total. The van der Waals surface area contributed by atoms with Gasteiger partial charge in [-0.05, 0) is 106 Å². The smallest absolute Gasteiger partial charge is 0.187 e. The highest BCUT2D eigenvalue weighted by atomic mass is 16.8. The van der Waals surface area contributed by atoms with Crippen LogP contribution in [-0.2, 0) is 56.8 Å². The zero-order chi connectivity index (χ0) is 61.5. The molecule has 0 amide bonds. The van der Waals surface area contributed by atoms with E-state index < -0.39 is 185 Å². The summed E-state index contributed by atoms with van der Waals surface area (Å²) in [5.41, 5.74) is 1.00. The Morgan fingerprint density at radius 3 is 1.73 bits per heavy atom. The Bertz CT molecular complexity index is 2240. The van der Waals surface area contributed by atoms with Crippen molar-refractivity contribution in [3.05, 3.63) is 11.6 Å². The lowest BCUT2D eigenvalue weighted by Gasteiger charge is -2.58. The summed E-state index contributed by atoms with van der Waals surface area (Å²) < 4.78 is 74.1. The fourth-order valence-electron chi connectivity index (χ4n) is 16.7. The van der Waals surface area contributed by atoms with Gasteiger partial charge in [-0.15, -0.1) is 0 Å². The van der Waals surface area contributed by atoms with E-state index in [2.05, 4.69) is 26.8 Å². The van der Waals surface area contributed by atoms with Gasteiger partial charge in [0.2, 0.25) is 0 Å². The van der Waals surface area contributed by atoms with Gasteiger partial charge in [0.15, 0.2) is 37.2 Å². The van der Waals surface area contributed by atoms with Gasteiger partial charge in [-0.2, -0.15) is 0 Å². The van der Waals surface area contributed by atoms with E-state index in [0.717, 1.165) is 32.1 Å². The monoisotopic (exact) mass is 1220 g/mol. The van der Waals surface area contributed by atoms with Crippen LogP contribution >= 0.6 is 0 Å². The first kappa shape index (κ1) is 66.6. The van der Waals surface area contributed by atoms with Gasteiger partial charge < -0.3 is 133 Å². The van der Waals surface area contributed by atoms with Crippen molar-refractivity contribution in [1.82, 2.24) is 0 Å². The molecule has 85 heavy (non-hydrogen) atoms. The largest absolute Gasteiger partial charge is 0.394 e. The number of rotatable bonds is 18. The quantitative estimate of drug-likeness (QED) is 0.0592. The number of hydrogen-bond donors (Lipinski definition) is 15. The molecule has 0 bridgehead atoms. The molecule has 4 aliphatic carbocycles. The number of methoxy groups -OCH3 is 1. The maximum absolute atomic E-state index is 12.4. The second-order valence-corrected chi connectivity index (χ2v) is 26.8. The average molecular weight is 1230 g/mol. The molecule has 0 aromatic rings. The van der Waals surface area contributed by atoms with Gasteiger partial charge in [0, 0.05) is 19.4 Å². The second-order valence-electron chi connectivity index (χ2n) is 26.8. The predicted molar refractivity (Wildman–Crippen MR) is 286 cm³/mol. The number of hydrogen-bond acceptors (Lipinski definition) is 27. The van der Waals surface area contributed by atoms with Gasteiger partial charge in [-0.3, -0.25) is 0 Å². The van der Waals surface area contributed by atoms with Gasteiger partial charge in [0.05, 0.1) is 50.8 Å². The van der Waals surface area contributed by atoms with Crippen LogP contribution in [0.1, 0.15) is 99.3 Å². The molecule has 0 spiro atoms. The van der Waals surface area contributed by atoms with Crippen LogP contribution in [0.4, 0.5) is 0 Å². The number of aliphatic hydroxyl groups excluding tert-OH is 15. The van der Waals surface area contributed by atoms with Crippen LogP contribution < -0.4 is 0 Å². The first-order chi connectivity index (χ1) is 40.2. The SMILES string of the molecule is CO[C@]1(CC[C@H](C)CO[C@@H]2O[C@H](CO)[C@@H](O)[C@H](O)[C@H]2O)O[C@@H]2C[C@H]3[C@@H]4CC=C5C[C@@H](O[C@@H]6O[C@H](CO)[C@@H](O[C@@H]7O[C@@H](C)[C@H](O)[C@@H](O)[C@H]7O)[C@H](O)[C@H]6O[C@@H]6O[C@@H](C)[C@H](O)[C@@H](O)[C@H]6O[C@@H]6O[C@H](CO)[C@@H](O)[C@H](O)[C@H]6O)CC[C@]5(C)[C@H]4CC[C@]3(C)[C@H]2[C@@H]1C. The molecule has 10 rings (SSSR count). The highest BCUT2D eigenvalue weighted by Crippen LogP contribution is 2.70. The topological polar surface area (TPSA) is 414 Å². The van der Waals surface area contributed by atoms with Crippen LogP contribution in [0.2, 0.25) is 0 Å². The molecular weight excluding hydrogens is 1130 g/mol. The number of allylic oxidation sites excluding steroid dienone is 1. The first-order valence-electron chi connectivity index (χ1n) is 30.7. The minimum Gasteiger partial charge on any atom is -0.394 e. The van der Waals surface area contributed by atoms with Crippen molar-refractivity contribution < 1.29 is 133 Å². The molecule has 15 N–H and O–H groups in total. The van der Waals surface area contributed by atoms with Crippen molar-refractivity contribution in [1.29, 1.82) is 0 Å². The summed E-state index contributed by atoms with van der Waals surface area (Å²) in [4.78, 5) is 0. The first-order valence-corrected chi connectivity index (χ1v) is 30.7. The van der Waals surface area contributed by atoms with Crippen molar-refractivity contribution in [3.8, 4) is 0 Å². The zero-order valence-corrected chi connectivity index (χ0v) is 49.4. The Kier molecular flexibility index (Phi) is 20.6. The van der Waals surface area contributed by atoms with E-state index in [1.54, 1.807) is 7.11 Å². The Balaban J connectivity index is 0.832. The van der Waals surface area contributed by atoms with Crippen LogP contribution in [0.25, 0.3) is 0 Å². The molecule has 9 fully saturated rings. The summed E-state index contributed by atoms with van der Waals surface area (Å²) in [6.07, 6.45) is -30.8. The molecule has 10 aliphatic rings. The molecule has 6 heterocycles. The maximum Gasteiger partial charge on any atom is 0.187 e. The Labute approximate surface area is 494 Å². The fraction of sp³-hybridized carbons (Fsp3) is 0.966. The van der Waals surface area contributed by atoms with E-state index in [1.807, 2.05) is 6.92 Å². The third-order valence-corrected chi connectivity index (χ3v) is 21.9.